The quantitative estimate of drug-likeness (QED) is 0.0161. The lowest BCUT2D eigenvalue weighted by Gasteiger charge is -2.30. The van der Waals surface area contributed by atoms with Crippen molar-refractivity contribution in [3.05, 3.63) is 85.1 Å². The maximum atomic E-state index is 13.5. The summed E-state index contributed by atoms with van der Waals surface area (Å²) in [7, 11) is 1.16. The smallest absolute Gasteiger partial charge is 0.306 e. The van der Waals surface area contributed by atoms with Crippen molar-refractivity contribution in [3.63, 3.8) is 0 Å². The van der Waals surface area contributed by atoms with Crippen molar-refractivity contribution in [3.8, 4) is 0 Å². The molecule has 3 atom stereocenters. The van der Waals surface area contributed by atoms with Crippen LogP contribution in [0, 0.1) is 0 Å². The van der Waals surface area contributed by atoms with Gasteiger partial charge in [-0.15, -0.1) is 0 Å². The monoisotopic (exact) mass is 1030 g/mol. The number of phosphoric ester groups is 1. The Morgan fingerprint density at radius 2 is 0.944 bits per heavy atom. The van der Waals surface area contributed by atoms with Crippen LogP contribution in [-0.4, -0.2) is 69.4 Å². The highest BCUT2D eigenvalue weighted by Crippen LogP contribution is 2.38. The summed E-state index contributed by atoms with van der Waals surface area (Å²) in [4.78, 5) is 39.9. The predicted molar refractivity (Wildman–Crippen MR) is 307 cm³/mol. The number of hydrogen-bond acceptors (Lipinski definition) is 7. The first kappa shape index (κ1) is 69.2. The SMILES string of the molecule is CC/C=C/C=C/C=C/CCCCCCCCCC(=O)OC(/C=C\CCCCCCCCCCCC)C(COP(=O)([O-])OCC[N+](C)(C)C)NC(=O)CCCCCCCC/C=C\C/C=C\C/C=C\CCCCC. The van der Waals surface area contributed by atoms with Crippen molar-refractivity contribution in [1.29, 1.82) is 0 Å². The van der Waals surface area contributed by atoms with Crippen LogP contribution in [0.2, 0.25) is 0 Å². The molecule has 0 aliphatic carbocycles. The number of esters is 1. The minimum absolute atomic E-state index is 0.0308. The molecule has 10 heteroatoms. The van der Waals surface area contributed by atoms with E-state index in [0.29, 0.717) is 23.9 Å². The topological polar surface area (TPSA) is 114 Å². The molecule has 0 spiro atoms. The third-order valence-electron chi connectivity index (χ3n) is 12.6. The van der Waals surface area contributed by atoms with Crippen LogP contribution in [-0.2, 0) is 27.9 Å². The van der Waals surface area contributed by atoms with E-state index in [1.807, 2.05) is 33.3 Å². The maximum Gasteiger partial charge on any atom is 0.306 e. The number of nitrogens with zero attached hydrogens (tertiary/aromatic N) is 1. The van der Waals surface area contributed by atoms with E-state index in [9.17, 15) is 19.0 Å². The van der Waals surface area contributed by atoms with Gasteiger partial charge >= 0.3 is 5.97 Å². The lowest BCUT2D eigenvalue weighted by atomic mass is 10.0. The van der Waals surface area contributed by atoms with Crippen molar-refractivity contribution in [2.24, 2.45) is 0 Å². The van der Waals surface area contributed by atoms with Crippen LogP contribution < -0.4 is 10.2 Å². The Labute approximate surface area is 444 Å². The Kier molecular flexibility index (Phi) is 49.6. The first-order valence-corrected chi connectivity index (χ1v) is 30.9. The fourth-order valence-corrected chi connectivity index (χ4v) is 8.78. The number of ether oxygens (including phenoxy) is 1. The first-order valence-electron chi connectivity index (χ1n) is 29.4. The van der Waals surface area contributed by atoms with Gasteiger partial charge in [-0.2, -0.15) is 0 Å². The second-order valence-corrected chi connectivity index (χ2v) is 22.2. The molecule has 0 aromatic rings. The van der Waals surface area contributed by atoms with Gasteiger partial charge in [0, 0.05) is 12.8 Å². The number of allylic oxidation sites excluding steroid dienone is 13. The summed E-state index contributed by atoms with van der Waals surface area (Å²) in [6.07, 6.45) is 66.8. The van der Waals surface area contributed by atoms with E-state index in [2.05, 4.69) is 99.0 Å². The fourth-order valence-electron chi connectivity index (χ4n) is 8.06. The molecule has 0 aliphatic rings. The van der Waals surface area contributed by atoms with Gasteiger partial charge in [0.05, 0.1) is 33.8 Å². The van der Waals surface area contributed by atoms with Gasteiger partial charge in [-0.05, 0) is 89.5 Å². The zero-order chi connectivity index (χ0) is 52.9. The summed E-state index contributed by atoms with van der Waals surface area (Å²) in [5.41, 5.74) is 0. The van der Waals surface area contributed by atoms with Gasteiger partial charge in [0.15, 0.2) is 0 Å². The summed E-state index contributed by atoms with van der Waals surface area (Å²) in [6.45, 7) is 6.66. The Morgan fingerprint density at radius 1 is 0.514 bits per heavy atom. The zero-order valence-corrected chi connectivity index (χ0v) is 48.3. The van der Waals surface area contributed by atoms with E-state index < -0.39 is 26.6 Å². The second-order valence-electron chi connectivity index (χ2n) is 20.8. The van der Waals surface area contributed by atoms with Gasteiger partial charge < -0.3 is 28.5 Å². The molecular weight excluding hydrogens is 916 g/mol. The van der Waals surface area contributed by atoms with Crippen molar-refractivity contribution in [1.82, 2.24) is 5.32 Å². The van der Waals surface area contributed by atoms with Gasteiger partial charge in [0.1, 0.15) is 19.3 Å². The Morgan fingerprint density at radius 3 is 1.47 bits per heavy atom. The van der Waals surface area contributed by atoms with Gasteiger partial charge in [-0.1, -0.05) is 228 Å². The van der Waals surface area contributed by atoms with Gasteiger partial charge in [0.25, 0.3) is 7.82 Å². The summed E-state index contributed by atoms with van der Waals surface area (Å²) in [6, 6.07) is -0.904. The number of hydrogen-bond donors (Lipinski definition) is 1. The molecule has 72 heavy (non-hydrogen) atoms. The molecule has 0 heterocycles. The van der Waals surface area contributed by atoms with Crippen molar-refractivity contribution in [2.45, 2.75) is 258 Å². The van der Waals surface area contributed by atoms with E-state index >= 15 is 0 Å². The number of quaternary nitrogens is 1. The molecular formula is C62H111N2O7P. The van der Waals surface area contributed by atoms with Crippen LogP contribution in [0.4, 0.5) is 0 Å². The van der Waals surface area contributed by atoms with Crippen LogP contribution in [0.15, 0.2) is 85.1 Å². The highest BCUT2D eigenvalue weighted by Gasteiger charge is 2.27. The Balaban J connectivity index is 5.35. The molecule has 1 amide bonds. The van der Waals surface area contributed by atoms with Gasteiger partial charge in [0.2, 0.25) is 5.91 Å². The van der Waals surface area contributed by atoms with Gasteiger partial charge in [-0.3, -0.25) is 14.2 Å². The third-order valence-corrected chi connectivity index (χ3v) is 13.6. The molecule has 1 N–H and O–H groups in total. The van der Waals surface area contributed by atoms with E-state index in [4.69, 9.17) is 13.8 Å². The number of carbonyl (C=O) groups excluding carboxylic acids is 2. The lowest BCUT2D eigenvalue weighted by molar-refractivity contribution is -0.870. The number of unbranched alkanes of at least 4 members (excludes halogenated alkanes) is 26. The minimum Gasteiger partial charge on any atom is -0.756 e. The Bertz CT molecular complexity index is 1510. The molecule has 0 saturated carbocycles. The van der Waals surface area contributed by atoms with Crippen molar-refractivity contribution in [2.75, 3.05) is 40.9 Å². The predicted octanol–water partition coefficient (Wildman–Crippen LogP) is 17.2. The van der Waals surface area contributed by atoms with E-state index in [0.717, 1.165) is 109 Å². The number of carbonyl (C=O) groups is 2. The lowest BCUT2D eigenvalue weighted by Crippen LogP contribution is -2.47. The molecule has 0 saturated heterocycles. The maximum absolute atomic E-state index is 13.5. The largest absolute Gasteiger partial charge is 0.756 e. The highest BCUT2D eigenvalue weighted by molar-refractivity contribution is 7.45. The van der Waals surface area contributed by atoms with Crippen LogP contribution in [0.3, 0.4) is 0 Å². The molecule has 0 aromatic heterocycles. The zero-order valence-electron chi connectivity index (χ0n) is 47.4. The summed E-state index contributed by atoms with van der Waals surface area (Å²) in [5, 5.41) is 3.01. The van der Waals surface area contributed by atoms with Crippen LogP contribution in [0.25, 0.3) is 0 Å². The van der Waals surface area contributed by atoms with Crippen molar-refractivity contribution >= 4 is 19.7 Å². The van der Waals surface area contributed by atoms with E-state index in [-0.39, 0.29) is 24.9 Å². The normalized spacial score (nSPS) is 14.4. The molecule has 9 nitrogen and oxygen atoms in total. The molecule has 0 fully saturated rings. The standard InChI is InChI=1S/C62H111N2O7P/c1-7-10-13-16-19-22-25-28-30-31-32-33-35-36-39-42-45-48-51-54-61(65)63-59(58-70-72(67,68)69-57-56-64(4,5)6)60(53-50-47-44-41-38-27-24-21-18-15-12-9-3)71-62(66)55-52-49-46-43-40-37-34-29-26-23-20-17-14-11-8-2/h11,14,17,19-20,22-23,26,28,30,32-33,50,53,59-60H,7-10,12-13,15-16,18,21,24-25,27,29,31,34-49,51-52,54-58H2,1-6H3,(H-,63,65,67,68)/b14-11+,20-17+,22-19-,26-23+,30-28-,33-32-,53-50-. The molecule has 416 valence electrons. The van der Waals surface area contributed by atoms with E-state index in [1.165, 1.54) is 96.3 Å². The Hall–Kier alpha value is -2.81. The molecule has 0 radical (unpaired) electrons. The van der Waals surface area contributed by atoms with Crippen LogP contribution >= 0.6 is 7.82 Å². The van der Waals surface area contributed by atoms with Gasteiger partial charge in [-0.25, -0.2) is 0 Å². The summed E-state index contributed by atoms with van der Waals surface area (Å²) >= 11 is 0. The number of amides is 1. The molecule has 0 aromatic carbocycles. The summed E-state index contributed by atoms with van der Waals surface area (Å²) in [5.74, 6) is -0.573. The fraction of sp³-hybridized carbons (Fsp3) is 0.742. The summed E-state index contributed by atoms with van der Waals surface area (Å²) < 4.78 is 30.2. The number of likely N-dealkylation sites (N-methyl/N-ethyl adjacent to an activating group) is 1. The average Bonchev–Trinajstić information content (AvgIpc) is 3.34. The third kappa shape index (κ3) is 52.1. The first-order chi connectivity index (χ1) is 34.9. The van der Waals surface area contributed by atoms with Crippen LogP contribution in [0.5, 0.6) is 0 Å². The molecule has 0 bridgehead atoms. The van der Waals surface area contributed by atoms with Crippen molar-refractivity contribution < 1.29 is 37.3 Å². The molecule has 0 aliphatic heterocycles. The van der Waals surface area contributed by atoms with E-state index in [1.54, 1.807) is 0 Å². The molecule has 3 unspecified atom stereocenters. The number of phosphoric acid groups is 1. The average molecular weight is 1030 g/mol. The number of nitrogens with one attached hydrogen (secondary N) is 1. The minimum atomic E-state index is -4.71. The molecule has 0 rings (SSSR count). The highest BCUT2D eigenvalue weighted by atomic mass is 31.2. The number of rotatable bonds is 52. The van der Waals surface area contributed by atoms with Crippen LogP contribution in [0.1, 0.15) is 245 Å². The second kappa shape index (κ2) is 51.7.